The lowest BCUT2D eigenvalue weighted by atomic mass is 9.99. The van der Waals surface area contributed by atoms with Crippen molar-refractivity contribution in [3.05, 3.63) is 64.4 Å². The van der Waals surface area contributed by atoms with Crippen molar-refractivity contribution in [3.63, 3.8) is 0 Å². The van der Waals surface area contributed by atoms with E-state index in [0.29, 0.717) is 16.1 Å². The van der Waals surface area contributed by atoms with Gasteiger partial charge in [-0.15, -0.1) is 0 Å². The highest BCUT2D eigenvalue weighted by molar-refractivity contribution is 6.30. The molecule has 0 saturated heterocycles. The summed E-state index contributed by atoms with van der Waals surface area (Å²) in [4.78, 5) is 15.0. The first kappa shape index (κ1) is 13.5. The minimum atomic E-state index is -1.03. The number of nitrogens with zero attached hydrogens (tertiary/aromatic N) is 1. The molecule has 4 nitrogen and oxygen atoms in total. The summed E-state index contributed by atoms with van der Waals surface area (Å²) in [7, 11) is 0. The summed E-state index contributed by atoms with van der Waals surface area (Å²) in [5, 5.41) is 19.8. The largest absolute Gasteiger partial charge is 0.478 e. The van der Waals surface area contributed by atoms with Crippen molar-refractivity contribution in [2.75, 3.05) is 0 Å². The lowest BCUT2D eigenvalue weighted by Gasteiger charge is -2.12. The van der Waals surface area contributed by atoms with E-state index >= 15 is 0 Å². The van der Waals surface area contributed by atoms with E-state index in [2.05, 4.69) is 4.98 Å². The van der Waals surface area contributed by atoms with E-state index in [9.17, 15) is 9.90 Å². The van der Waals surface area contributed by atoms with Crippen molar-refractivity contribution in [3.8, 4) is 0 Å². The number of carboxylic acid groups (broad SMARTS) is 1. The molecule has 0 saturated carbocycles. The molecule has 2 aromatic rings. The van der Waals surface area contributed by atoms with Gasteiger partial charge >= 0.3 is 5.97 Å². The van der Waals surface area contributed by atoms with Crippen molar-refractivity contribution < 1.29 is 15.0 Å². The number of carboxylic acids is 1. The molecule has 2 N–H and O–H groups in total. The minimum Gasteiger partial charge on any atom is -0.478 e. The zero-order chi connectivity index (χ0) is 13.8. The second-order valence-electron chi connectivity index (χ2n) is 4.11. The molecule has 0 radical (unpaired) electrons. The lowest BCUT2D eigenvalue weighted by molar-refractivity contribution is 0.0694. The number of hydrogen-bond acceptors (Lipinski definition) is 3. The Morgan fingerprint density at radius 1 is 1.26 bits per heavy atom. The molecule has 1 aromatic carbocycles. The van der Waals surface area contributed by atoms with Crippen LogP contribution in [-0.2, 0) is 6.42 Å². The van der Waals surface area contributed by atoms with Gasteiger partial charge in [-0.05, 0) is 29.3 Å². The fraction of sp³-hybridized carbons (Fsp3) is 0.143. The summed E-state index contributed by atoms with van der Waals surface area (Å²) in [6.07, 6.45) is 2.28. The van der Waals surface area contributed by atoms with Gasteiger partial charge in [0.05, 0.1) is 11.7 Å². The van der Waals surface area contributed by atoms with Gasteiger partial charge in [0.1, 0.15) is 0 Å². The van der Waals surface area contributed by atoms with Gasteiger partial charge in [-0.2, -0.15) is 0 Å². The fourth-order valence-corrected chi connectivity index (χ4v) is 1.94. The smallest absolute Gasteiger partial charge is 0.336 e. The first-order chi connectivity index (χ1) is 9.08. The maximum Gasteiger partial charge on any atom is 0.336 e. The molecule has 1 heterocycles. The van der Waals surface area contributed by atoms with Crippen molar-refractivity contribution in [2.45, 2.75) is 12.5 Å². The number of rotatable bonds is 4. The van der Waals surface area contributed by atoms with Crippen molar-refractivity contribution in [2.24, 2.45) is 0 Å². The first-order valence-electron chi connectivity index (χ1n) is 5.67. The normalized spacial score (nSPS) is 12.1. The van der Waals surface area contributed by atoms with Gasteiger partial charge in [-0.25, -0.2) is 4.79 Å². The number of benzene rings is 1. The molecule has 5 heteroatoms. The van der Waals surface area contributed by atoms with Crippen LogP contribution in [0.3, 0.4) is 0 Å². The zero-order valence-electron chi connectivity index (χ0n) is 9.95. The van der Waals surface area contributed by atoms with Crippen molar-refractivity contribution in [1.29, 1.82) is 0 Å². The number of carbonyl (C=O) groups is 1. The Morgan fingerprint density at radius 2 is 1.95 bits per heavy atom. The Labute approximate surface area is 115 Å². The maximum absolute atomic E-state index is 11.1. The molecule has 0 amide bonds. The topological polar surface area (TPSA) is 70.4 Å². The molecule has 98 valence electrons. The molecule has 0 aliphatic heterocycles. The van der Waals surface area contributed by atoms with Gasteiger partial charge in [-0.1, -0.05) is 23.7 Å². The highest BCUT2D eigenvalue weighted by atomic mass is 35.5. The third-order valence-electron chi connectivity index (χ3n) is 2.80. The van der Waals surface area contributed by atoms with E-state index in [-0.39, 0.29) is 12.0 Å². The monoisotopic (exact) mass is 277 g/mol. The molecule has 2 rings (SSSR count). The van der Waals surface area contributed by atoms with Crippen LogP contribution < -0.4 is 0 Å². The van der Waals surface area contributed by atoms with Crippen LogP contribution in [-0.4, -0.2) is 21.2 Å². The Morgan fingerprint density at radius 3 is 2.58 bits per heavy atom. The van der Waals surface area contributed by atoms with Crippen LogP contribution in [0.1, 0.15) is 27.6 Å². The second kappa shape index (κ2) is 5.82. The predicted molar refractivity (Wildman–Crippen MR) is 71.3 cm³/mol. The molecule has 0 bridgehead atoms. The third kappa shape index (κ3) is 3.30. The van der Waals surface area contributed by atoms with Crippen molar-refractivity contribution >= 4 is 17.6 Å². The van der Waals surface area contributed by atoms with Crippen LogP contribution in [0.2, 0.25) is 5.02 Å². The van der Waals surface area contributed by atoms with Gasteiger partial charge < -0.3 is 10.2 Å². The Balaban J connectivity index is 2.21. The molecule has 0 aliphatic carbocycles. The summed E-state index contributed by atoms with van der Waals surface area (Å²) < 4.78 is 0. The Hall–Kier alpha value is -1.91. The van der Waals surface area contributed by atoms with E-state index in [0.717, 1.165) is 0 Å². The van der Waals surface area contributed by atoms with Crippen LogP contribution >= 0.6 is 11.6 Å². The first-order valence-corrected chi connectivity index (χ1v) is 6.05. The predicted octanol–water partition coefficient (Wildman–Crippen LogP) is 2.71. The van der Waals surface area contributed by atoms with E-state index in [1.54, 1.807) is 24.3 Å². The highest BCUT2D eigenvalue weighted by Crippen LogP contribution is 2.21. The average molecular weight is 278 g/mol. The molecule has 1 atom stereocenters. The second-order valence-corrected chi connectivity index (χ2v) is 4.55. The minimum absolute atomic E-state index is 0.156. The summed E-state index contributed by atoms with van der Waals surface area (Å²) in [5.74, 6) is -1.03. The van der Waals surface area contributed by atoms with E-state index in [1.165, 1.54) is 18.5 Å². The van der Waals surface area contributed by atoms with Crippen LogP contribution in [0.5, 0.6) is 0 Å². The molecule has 0 fully saturated rings. The molecule has 19 heavy (non-hydrogen) atoms. The maximum atomic E-state index is 11.1. The van der Waals surface area contributed by atoms with Gasteiger partial charge in [0.15, 0.2) is 0 Å². The zero-order valence-corrected chi connectivity index (χ0v) is 10.7. The van der Waals surface area contributed by atoms with Crippen LogP contribution in [0.25, 0.3) is 0 Å². The molecule has 0 spiro atoms. The summed E-state index contributed by atoms with van der Waals surface area (Å²) in [6.45, 7) is 0. The number of halogens is 1. The van der Waals surface area contributed by atoms with Gasteiger partial charge in [0.25, 0.3) is 0 Å². The quantitative estimate of drug-likeness (QED) is 0.901. The third-order valence-corrected chi connectivity index (χ3v) is 3.05. The summed E-state index contributed by atoms with van der Waals surface area (Å²) in [6, 6.07) is 8.21. The van der Waals surface area contributed by atoms with E-state index < -0.39 is 12.1 Å². The van der Waals surface area contributed by atoms with Gasteiger partial charge in [0, 0.05) is 23.8 Å². The average Bonchev–Trinajstić information content (AvgIpc) is 2.39. The SMILES string of the molecule is O=C(O)c1ccncc1CC(O)c1ccc(Cl)cc1. The number of aromatic nitrogens is 1. The summed E-state index contributed by atoms with van der Waals surface area (Å²) >= 11 is 5.77. The fourth-order valence-electron chi connectivity index (χ4n) is 1.81. The van der Waals surface area contributed by atoms with Crippen LogP contribution in [0.15, 0.2) is 42.7 Å². The molecule has 0 aliphatic rings. The van der Waals surface area contributed by atoms with E-state index in [1.807, 2.05) is 0 Å². The number of aliphatic hydroxyl groups is 1. The van der Waals surface area contributed by atoms with Crippen molar-refractivity contribution in [1.82, 2.24) is 4.98 Å². The van der Waals surface area contributed by atoms with E-state index in [4.69, 9.17) is 16.7 Å². The Kier molecular flexibility index (Phi) is 4.14. The number of aromatic carboxylic acids is 1. The Bertz CT molecular complexity index is 583. The molecular formula is C14H12ClNO3. The highest BCUT2D eigenvalue weighted by Gasteiger charge is 2.15. The van der Waals surface area contributed by atoms with Crippen LogP contribution in [0, 0.1) is 0 Å². The summed E-state index contributed by atoms with van der Waals surface area (Å²) in [5.41, 5.74) is 1.34. The number of hydrogen-bond donors (Lipinski definition) is 2. The van der Waals surface area contributed by atoms with Gasteiger partial charge in [0.2, 0.25) is 0 Å². The van der Waals surface area contributed by atoms with Gasteiger partial charge in [-0.3, -0.25) is 4.98 Å². The standard InChI is InChI=1S/C14H12ClNO3/c15-11-3-1-9(2-4-11)13(17)7-10-8-16-6-5-12(10)14(18)19/h1-6,8,13,17H,7H2,(H,18,19). The molecule has 1 unspecified atom stereocenters. The number of pyridine rings is 1. The molecule has 1 aromatic heterocycles. The molecular weight excluding hydrogens is 266 g/mol. The number of aliphatic hydroxyl groups excluding tert-OH is 1. The van der Waals surface area contributed by atoms with Crippen LogP contribution in [0.4, 0.5) is 0 Å². The lowest BCUT2D eigenvalue weighted by Crippen LogP contribution is -2.08.